The number of anilines is 1. The van der Waals surface area contributed by atoms with Gasteiger partial charge in [-0.05, 0) is 13.0 Å². The molecule has 0 aliphatic carbocycles. The average molecular weight is 393 g/mol. The van der Waals surface area contributed by atoms with Crippen molar-refractivity contribution < 1.29 is 9.59 Å². The van der Waals surface area contributed by atoms with Crippen molar-refractivity contribution in [1.82, 2.24) is 20.2 Å². The van der Waals surface area contributed by atoms with Crippen LogP contribution in [0.2, 0.25) is 0 Å². The van der Waals surface area contributed by atoms with Crippen LogP contribution in [-0.4, -0.2) is 65.4 Å². The zero-order chi connectivity index (χ0) is 16.7. The lowest BCUT2D eigenvalue weighted by molar-refractivity contribution is -0.131. The second kappa shape index (κ2) is 11.8. The molecule has 1 aliphatic rings. The van der Waals surface area contributed by atoms with Crippen molar-refractivity contribution >= 4 is 42.6 Å². The standard InChI is InChI=1S/C15H24N6O2.2ClH/c1-12(16)11-13(22)17-6-3-14(23)20-7-9-21(10-8-20)15-18-4-2-5-19-15;;/h2,4-5,12H,3,6-11,16H2,1H3,(H,17,22);2*1H. The van der Waals surface area contributed by atoms with Crippen LogP contribution in [0.1, 0.15) is 19.8 Å². The minimum absolute atomic E-state index is 0. The van der Waals surface area contributed by atoms with Crippen molar-refractivity contribution in [3.8, 4) is 0 Å². The van der Waals surface area contributed by atoms with Crippen LogP contribution in [-0.2, 0) is 9.59 Å². The van der Waals surface area contributed by atoms with Gasteiger partial charge in [0.1, 0.15) is 0 Å². The monoisotopic (exact) mass is 392 g/mol. The van der Waals surface area contributed by atoms with Gasteiger partial charge in [-0.2, -0.15) is 0 Å². The highest BCUT2D eigenvalue weighted by Crippen LogP contribution is 2.10. The number of nitrogens with zero attached hydrogens (tertiary/aromatic N) is 4. The van der Waals surface area contributed by atoms with Gasteiger partial charge in [0.2, 0.25) is 17.8 Å². The summed E-state index contributed by atoms with van der Waals surface area (Å²) in [6.07, 6.45) is 4.02. The van der Waals surface area contributed by atoms with Crippen molar-refractivity contribution in [2.24, 2.45) is 5.73 Å². The highest BCUT2D eigenvalue weighted by atomic mass is 35.5. The molecule has 1 fully saturated rings. The van der Waals surface area contributed by atoms with E-state index in [-0.39, 0.29) is 49.1 Å². The van der Waals surface area contributed by atoms with E-state index in [1.165, 1.54) is 0 Å². The Morgan fingerprint density at radius 3 is 2.36 bits per heavy atom. The molecule has 0 saturated carbocycles. The van der Waals surface area contributed by atoms with Gasteiger partial charge >= 0.3 is 0 Å². The summed E-state index contributed by atoms with van der Waals surface area (Å²) in [4.78, 5) is 35.9. The molecule has 1 saturated heterocycles. The van der Waals surface area contributed by atoms with E-state index in [1.54, 1.807) is 25.4 Å². The Balaban J connectivity index is 0.00000288. The van der Waals surface area contributed by atoms with Crippen LogP contribution in [0.5, 0.6) is 0 Å². The average Bonchev–Trinajstić information content (AvgIpc) is 2.55. The van der Waals surface area contributed by atoms with Gasteiger partial charge in [-0.15, -0.1) is 24.8 Å². The van der Waals surface area contributed by atoms with Crippen LogP contribution in [0.4, 0.5) is 5.95 Å². The SMILES string of the molecule is CC(N)CC(=O)NCCC(=O)N1CCN(c2ncccn2)CC1.Cl.Cl. The molecule has 2 rings (SSSR count). The summed E-state index contributed by atoms with van der Waals surface area (Å²) >= 11 is 0. The molecule has 0 aromatic carbocycles. The molecule has 0 radical (unpaired) electrons. The molecule has 25 heavy (non-hydrogen) atoms. The molecular formula is C15H26Cl2N6O2. The molecule has 0 bridgehead atoms. The van der Waals surface area contributed by atoms with Crippen LogP contribution in [0.15, 0.2) is 18.5 Å². The Labute approximate surface area is 160 Å². The number of carbonyl (C=O) groups excluding carboxylic acids is 2. The summed E-state index contributed by atoms with van der Waals surface area (Å²) in [5, 5.41) is 2.72. The Hall–Kier alpha value is -1.64. The van der Waals surface area contributed by atoms with Crippen LogP contribution < -0.4 is 16.0 Å². The lowest BCUT2D eigenvalue weighted by Gasteiger charge is -2.34. The molecule has 1 aromatic rings. The fourth-order valence-electron chi connectivity index (χ4n) is 2.44. The lowest BCUT2D eigenvalue weighted by atomic mass is 10.2. The highest BCUT2D eigenvalue weighted by Gasteiger charge is 2.22. The number of hydrogen-bond donors (Lipinski definition) is 2. The number of aromatic nitrogens is 2. The Bertz CT molecular complexity index is 524. The van der Waals surface area contributed by atoms with E-state index in [1.807, 2.05) is 4.90 Å². The number of amides is 2. The maximum Gasteiger partial charge on any atom is 0.225 e. The molecule has 1 unspecified atom stereocenters. The third-order valence-electron chi connectivity index (χ3n) is 3.64. The van der Waals surface area contributed by atoms with Crippen molar-refractivity contribution in [3.05, 3.63) is 18.5 Å². The number of carbonyl (C=O) groups is 2. The first-order chi connectivity index (χ1) is 11.1. The van der Waals surface area contributed by atoms with Gasteiger partial charge in [0, 0.05) is 64.0 Å². The van der Waals surface area contributed by atoms with E-state index in [9.17, 15) is 9.59 Å². The van der Waals surface area contributed by atoms with E-state index in [0.717, 1.165) is 0 Å². The number of nitrogens with one attached hydrogen (secondary N) is 1. The minimum Gasteiger partial charge on any atom is -0.356 e. The molecular weight excluding hydrogens is 367 g/mol. The van der Waals surface area contributed by atoms with E-state index in [0.29, 0.717) is 45.1 Å². The predicted octanol–water partition coefficient (Wildman–Crippen LogP) is 0.212. The van der Waals surface area contributed by atoms with Gasteiger partial charge in [-0.3, -0.25) is 9.59 Å². The summed E-state index contributed by atoms with van der Waals surface area (Å²) in [6.45, 7) is 4.85. The Kier molecular flexibility index (Phi) is 11.1. The van der Waals surface area contributed by atoms with Gasteiger partial charge in [0.25, 0.3) is 0 Å². The van der Waals surface area contributed by atoms with Crippen LogP contribution in [0.3, 0.4) is 0 Å². The minimum atomic E-state index is -0.168. The lowest BCUT2D eigenvalue weighted by Crippen LogP contribution is -2.49. The maximum absolute atomic E-state index is 12.1. The van der Waals surface area contributed by atoms with Crippen molar-refractivity contribution in [1.29, 1.82) is 0 Å². The molecule has 2 heterocycles. The van der Waals surface area contributed by atoms with Crippen LogP contribution in [0, 0.1) is 0 Å². The van der Waals surface area contributed by atoms with E-state index in [4.69, 9.17) is 5.73 Å². The molecule has 10 heteroatoms. The number of rotatable bonds is 6. The van der Waals surface area contributed by atoms with Gasteiger partial charge < -0.3 is 20.9 Å². The Morgan fingerprint density at radius 2 is 1.80 bits per heavy atom. The largest absolute Gasteiger partial charge is 0.356 e. The normalized spacial score (nSPS) is 14.8. The van der Waals surface area contributed by atoms with Crippen LogP contribution in [0.25, 0.3) is 0 Å². The summed E-state index contributed by atoms with van der Waals surface area (Å²) in [7, 11) is 0. The fourth-order valence-corrected chi connectivity index (χ4v) is 2.44. The zero-order valence-electron chi connectivity index (χ0n) is 14.3. The van der Waals surface area contributed by atoms with Gasteiger partial charge in [0.05, 0.1) is 0 Å². The molecule has 8 nitrogen and oxygen atoms in total. The van der Waals surface area contributed by atoms with E-state index in [2.05, 4.69) is 20.2 Å². The first-order valence-electron chi connectivity index (χ1n) is 7.88. The molecule has 0 spiro atoms. The molecule has 1 aliphatic heterocycles. The predicted molar refractivity (Wildman–Crippen MR) is 101 cm³/mol. The molecule has 142 valence electrons. The molecule has 1 atom stereocenters. The van der Waals surface area contributed by atoms with E-state index >= 15 is 0 Å². The smallest absolute Gasteiger partial charge is 0.225 e. The zero-order valence-corrected chi connectivity index (χ0v) is 15.9. The summed E-state index contributed by atoms with van der Waals surface area (Å²) in [5.74, 6) is 0.640. The van der Waals surface area contributed by atoms with Crippen molar-refractivity contribution in [2.45, 2.75) is 25.8 Å². The number of piperazine rings is 1. The second-order valence-corrected chi connectivity index (χ2v) is 5.70. The van der Waals surface area contributed by atoms with Gasteiger partial charge in [0.15, 0.2) is 0 Å². The van der Waals surface area contributed by atoms with E-state index < -0.39 is 0 Å². The Morgan fingerprint density at radius 1 is 1.20 bits per heavy atom. The maximum atomic E-state index is 12.1. The van der Waals surface area contributed by atoms with Crippen molar-refractivity contribution in [3.63, 3.8) is 0 Å². The van der Waals surface area contributed by atoms with Gasteiger partial charge in [-0.25, -0.2) is 9.97 Å². The van der Waals surface area contributed by atoms with Crippen molar-refractivity contribution in [2.75, 3.05) is 37.6 Å². The topological polar surface area (TPSA) is 104 Å². The van der Waals surface area contributed by atoms with Crippen LogP contribution >= 0.6 is 24.8 Å². The van der Waals surface area contributed by atoms with Gasteiger partial charge in [-0.1, -0.05) is 0 Å². The molecule has 3 N–H and O–H groups in total. The number of nitrogens with two attached hydrogens (primary N) is 1. The molecule has 1 aromatic heterocycles. The quantitative estimate of drug-likeness (QED) is 0.716. The summed E-state index contributed by atoms with van der Waals surface area (Å²) in [6, 6.07) is 1.61. The highest BCUT2D eigenvalue weighted by molar-refractivity contribution is 5.85. The number of hydrogen-bond acceptors (Lipinski definition) is 6. The fraction of sp³-hybridized carbons (Fsp3) is 0.600. The molecule has 2 amide bonds. The first kappa shape index (κ1) is 23.4. The summed E-state index contributed by atoms with van der Waals surface area (Å²) in [5.41, 5.74) is 5.55. The summed E-state index contributed by atoms with van der Waals surface area (Å²) < 4.78 is 0. The first-order valence-corrected chi connectivity index (χ1v) is 7.88. The number of halogens is 2. The third-order valence-corrected chi connectivity index (χ3v) is 3.64. The second-order valence-electron chi connectivity index (χ2n) is 5.70. The third kappa shape index (κ3) is 7.85.